The van der Waals surface area contributed by atoms with E-state index in [2.05, 4.69) is 28.2 Å². The lowest BCUT2D eigenvalue weighted by atomic mass is 10.0. The molecule has 1 unspecified atom stereocenters. The van der Waals surface area contributed by atoms with Crippen molar-refractivity contribution in [2.45, 2.75) is 26.2 Å². The molecule has 20 heavy (non-hydrogen) atoms. The van der Waals surface area contributed by atoms with Crippen LogP contribution in [0.4, 0.5) is 0 Å². The molecule has 0 aromatic heterocycles. The fourth-order valence-electron chi connectivity index (χ4n) is 1.77. The van der Waals surface area contributed by atoms with E-state index >= 15 is 0 Å². The summed E-state index contributed by atoms with van der Waals surface area (Å²) in [6.45, 7) is 3.21. The molecule has 2 N–H and O–H groups in total. The maximum atomic E-state index is 11.7. The summed E-state index contributed by atoms with van der Waals surface area (Å²) in [5.41, 5.74) is 0. The number of hydrogen-bond acceptors (Lipinski definition) is 3. The van der Waals surface area contributed by atoms with E-state index in [1.54, 1.807) is 0 Å². The second-order valence-electron chi connectivity index (χ2n) is 4.64. The number of carbonyl (C=O) groups excluding carboxylic acids is 1. The second-order valence-corrected chi connectivity index (χ2v) is 5.56. The van der Waals surface area contributed by atoms with Gasteiger partial charge in [0.1, 0.15) is 5.75 Å². The molecule has 0 bridgehead atoms. The highest BCUT2D eigenvalue weighted by Gasteiger charge is 2.08. The summed E-state index contributed by atoms with van der Waals surface area (Å²) in [5.74, 6) is 1.09. The lowest BCUT2D eigenvalue weighted by Crippen LogP contribution is -2.30. The van der Waals surface area contributed by atoms with Crippen LogP contribution in [-0.2, 0) is 4.79 Å². The van der Waals surface area contributed by atoms with Gasteiger partial charge in [0, 0.05) is 17.6 Å². The molecule has 0 spiro atoms. The molecule has 1 atom stereocenters. The molecule has 1 aromatic carbocycles. The Morgan fingerprint density at radius 3 is 2.70 bits per heavy atom. The zero-order chi connectivity index (χ0) is 14.8. The fourth-order valence-corrected chi connectivity index (χ4v) is 2.04. The van der Waals surface area contributed by atoms with E-state index in [1.807, 2.05) is 24.3 Å². The number of nitrogens with one attached hydrogen (secondary N) is 1. The van der Waals surface area contributed by atoms with Crippen LogP contribution in [0.25, 0.3) is 0 Å². The molecule has 112 valence electrons. The highest BCUT2D eigenvalue weighted by atomic mass is 79.9. The first kappa shape index (κ1) is 17.0. The van der Waals surface area contributed by atoms with Crippen LogP contribution >= 0.6 is 15.9 Å². The molecular formula is C15H22BrNO3. The predicted molar refractivity (Wildman–Crippen MR) is 82.7 cm³/mol. The van der Waals surface area contributed by atoms with Gasteiger partial charge in [0.25, 0.3) is 0 Å². The van der Waals surface area contributed by atoms with Gasteiger partial charge in [-0.15, -0.1) is 0 Å². The molecule has 0 fully saturated rings. The molecule has 4 nitrogen and oxygen atoms in total. The van der Waals surface area contributed by atoms with Crippen molar-refractivity contribution in [1.82, 2.24) is 5.32 Å². The van der Waals surface area contributed by atoms with Crippen LogP contribution in [0.3, 0.4) is 0 Å². The van der Waals surface area contributed by atoms with Crippen molar-refractivity contribution in [3.63, 3.8) is 0 Å². The first-order valence-corrected chi connectivity index (χ1v) is 7.71. The molecule has 1 aromatic rings. The number of rotatable bonds is 9. The van der Waals surface area contributed by atoms with Gasteiger partial charge >= 0.3 is 0 Å². The van der Waals surface area contributed by atoms with Crippen molar-refractivity contribution in [3.05, 3.63) is 28.7 Å². The van der Waals surface area contributed by atoms with Crippen LogP contribution in [0, 0.1) is 5.92 Å². The smallest absolute Gasteiger partial charge is 0.223 e. The van der Waals surface area contributed by atoms with E-state index in [1.165, 1.54) is 0 Å². The number of aliphatic hydroxyl groups excluding tert-OH is 1. The molecule has 0 aliphatic rings. The summed E-state index contributed by atoms with van der Waals surface area (Å²) in [5, 5.41) is 11.8. The number of ether oxygens (including phenoxy) is 1. The number of aliphatic hydroxyl groups is 1. The zero-order valence-corrected chi connectivity index (χ0v) is 13.4. The van der Waals surface area contributed by atoms with Gasteiger partial charge < -0.3 is 15.2 Å². The molecule has 0 aliphatic heterocycles. The molecule has 1 amide bonds. The summed E-state index contributed by atoms with van der Waals surface area (Å²) >= 11 is 3.35. The average molecular weight is 344 g/mol. The third kappa shape index (κ3) is 6.91. The number of halogens is 1. The summed E-state index contributed by atoms with van der Waals surface area (Å²) in [6, 6.07) is 7.51. The van der Waals surface area contributed by atoms with Crippen molar-refractivity contribution in [2.75, 3.05) is 19.8 Å². The van der Waals surface area contributed by atoms with Crippen molar-refractivity contribution in [1.29, 1.82) is 0 Å². The van der Waals surface area contributed by atoms with Crippen molar-refractivity contribution < 1.29 is 14.6 Å². The molecule has 0 aliphatic carbocycles. The summed E-state index contributed by atoms with van der Waals surface area (Å²) in [7, 11) is 0. The molecule has 0 saturated carbocycles. The van der Waals surface area contributed by atoms with E-state index in [4.69, 9.17) is 9.84 Å². The van der Waals surface area contributed by atoms with Crippen LogP contribution < -0.4 is 10.1 Å². The van der Waals surface area contributed by atoms with Crippen LogP contribution in [0.5, 0.6) is 5.75 Å². The monoisotopic (exact) mass is 343 g/mol. The standard InChI is InChI=1S/C15H22BrNO3/c1-2-12(7-9-18)11-17-15(19)8-10-20-14-5-3-13(16)4-6-14/h3-6,12,18H,2,7-11H2,1H3,(H,17,19). The maximum Gasteiger partial charge on any atom is 0.223 e. The van der Waals surface area contributed by atoms with Gasteiger partial charge in [-0.2, -0.15) is 0 Å². The summed E-state index contributed by atoms with van der Waals surface area (Å²) in [4.78, 5) is 11.7. The SMILES string of the molecule is CCC(CCO)CNC(=O)CCOc1ccc(Br)cc1. The van der Waals surface area contributed by atoms with Gasteiger partial charge in [-0.3, -0.25) is 4.79 Å². The summed E-state index contributed by atoms with van der Waals surface area (Å²) in [6.07, 6.45) is 2.02. The Hall–Kier alpha value is -1.07. The van der Waals surface area contributed by atoms with Gasteiger partial charge in [-0.1, -0.05) is 29.3 Å². The van der Waals surface area contributed by atoms with Crippen LogP contribution in [-0.4, -0.2) is 30.8 Å². The molecule has 5 heteroatoms. The Bertz CT molecular complexity index is 395. The minimum Gasteiger partial charge on any atom is -0.493 e. The average Bonchev–Trinajstić information content (AvgIpc) is 2.45. The fraction of sp³-hybridized carbons (Fsp3) is 0.533. The molecule has 1 rings (SSSR count). The molecule has 0 heterocycles. The number of carbonyl (C=O) groups is 1. The zero-order valence-electron chi connectivity index (χ0n) is 11.8. The maximum absolute atomic E-state index is 11.7. The lowest BCUT2D eigenvalue weighted by Gasteiger charge is -2.14. The van der Waals surface area contributed by atoms with E-state index in [-0.39, 0.29) is 12.5 Å². The predicted octanol–water partition coefficient (Wildman–Crippen LogP) is 2.74. The van der Waals surface area contributed by atoms with Crippen molar-refractivity contribution in [3.8, 4) is 5.75 Å². The van der Waals surface area contributed by atoms with Gasteiger partial charge in [0.15, 0.2) is 0 Å². The highest BCUT2D eigenvalue weighted by molar-refractivity contribution is 9.10. The van der Waals surface area contributed by atoms with E-state index in [0.29, 0.717) is 25.5 Å². The van der Waals surface area contributed by atoms with Crippen molar-refractivity contribution in [2.24, 2.45) is 5.92 Å². The largest absolute Gasteiger partial charge is 0.493 e. The van der Waals surface area contributed by atoms with Crippen LogP contribution in [0.1, 0.15) is 26.2 Å². The summed E-state index contributed by atoms with van der Waals surface area (Å²) < 4.78 is 6.49. The topological polar surface area (TPSA) is 58.6 Å². The third-order valence-corrected chi connectivity index (χ3v) is 3.64. The molecular weight excluding hydrogens is 322 g/mol. The first-order chi connectivity index (χ1) is 9.65. The molecule has 0 saturated heterocycles. The Morgan fingerprint density at radius 1 is 1.40 bits per heavy atom. The van der Waals surface area contributed by atoms with E-state index in [0.717, 1.165) is 23.1 Å². The normalized spacial score (nSPS) is 11.9. The number of amides is 1. The minimum atomic E-state index is -0.0153. The first-order valence-electron chi connectivity index (χ1n) is 6.91. The Kier molecular flexibility index (Phi) is 8.30. The lowest BCUT2D eigenvalue weighted by molar-refractivity contribution is -0.121. The van der Waals surface area contributed by atoms with Gasteiger partial charge in [0.2, 0.25) is 5.91 Å². The number of benzene rings is 1. The Balaban J connectivity index is 2.18. The quantitative estimate of drug-likeness (QED) is 0.724. The Morgan fingerprint density at radius 2 is 2.10 bits per heavy atom. The number of hydrogen-bond donors (Lipinski definition) is 2. The van der Waals surface area contributed by atoms with Crippen LogP contribution in [0.2, 0.25) is 0 Å². The van der Waals surface area contributed by atoms with Crippen LogP contribution in [0.15, 0.2) is 28.7 Å². The third-order valence-electron chi connectivity index (χ3n) is 3.11. The Labute approximate surface area is 128 Å². The van der Waals surface area contributed by atoms with E-state index in [9.17, 15) is 4.79 Å². The minimum absolute atomic E-state index is 0.0153. The van der Waals surface area contributed by atoms with Gasteiger partial charge in [-0.05, 0) is 36.6 Å². The van der Waals surface area contributed by atoms with Gasteiger partial charge in [0.05, 0.1) is 13.0 Å². The highest BCUT2D eigenvalue weighted by Crippen LogP contribution is 2.16. The second kappa shape index (κ2) is 9.77. The molecule has 0 radical (unpaired) electrons. The van der Waals surface area contributed by atoms with Crippen molar-refractivity contribution >= 4 is 21.8 Å². The van der Waals surface area contributed by atoms with Gasteiger partial charge in [-0.25, -0.2) is 0 Å². The van der Waals surface area contributed by atoms with E-state index < -0.39 is 0 Å².